The fourth-order valence-corrected chi connectivity index (χ4v) is 8.06. The lowest BCUT2D eigenvalue weighted by atomic mass is 10.5. The Bertz CT molecular complexity index is 375. The molecule has 0 heterocycles. The van der Waals surface area contributed by atoms with Crippen LogP contribution >= 0.6 is 0 Å². The number of hydrogen-bond donors (Lipinski definition) is 4. The van der Waals surface area contributed by atoms with Gasteiger partial charge in [0.2, 0.25) is 0 Å². The van der Waals surface area contributed by atoms with Crippen molar-refractivity contribution in [2.75, 3.05) is 0 Å². The van der Waals surface area contributed by atoms with Crippen LogP contribution in [0.1, 0.15) is 27.7 Å². The molecule has 0 aromatic rings. The number of oxime groups is 4. The molecule has 0 atom stereocenters. The van der Waals surface area contributed by atoms with Crippen LogP contribution in [0.15, 0.2) is 20.6 Å². The van der Waals surface area contributed by atoms with Gasteiger partial charge < -0.3 is 20.8 Å². The average Bonchev–Trinajstić information content (AvgIpc) is 2.46. The number of nitrogens with zero attached hydrogens (tertiary/aromatic N) is 4. The first-order valence-corrected chi connectivity index (χ1v) is 9.35. The second-order valence-electron chi connectivity index (χ2n) is 5.55. The van der Waals surface area contributed by atoms with E-state index in [2.05, 4.69) is 20.6 Å². The van der Waals surface area contributed by atoms with Gasteiger partial charge in [0, 0.05) is 0 Å². The number of hydrogen-bond acceptors (Lipinski definition) is 8. The molecule has 0 saturated heterocycles. The van der Waals surface area contributed by atoms with Gasteiger partial charge in [-0.2, -0.15) is 0 Å². The highest BCUT2D eigenvalue weighted by molar-refractivity contribution is 6.89. The second-order valence-corrected chi connectivity index (χ2v) is 9.96. The fourth-order valence-electron chi connectivity index (χ4n) is 2.69. The molecule has 0 fully saturated rings. The quantitative estimate of drug-likeness (QED) is 0.237. The summed E-state index contributed by atoms with van der Waals surface area (Å²) in [7, 11) is -2.29. The normalized spacial score (nSPS) is 17.7. The first-order chi connectivity index (χ1) is 9.82. The van der Waals surface area contributed by atoms with Gasteiger partial charge in [-0.15, -0.1) is 0 Å². The Labute approximate surface area is 125 Å². The molecule has 0 aromatic carbocycles. The van der Waals surface area contributed by atoms with E-state index in [1.165, 1.54) is 0 Å². The Morgan fingerprint density at radius 2 is 0.762 bits per heavy atom. The van der Waals surface area contributed by atoms with Gasteiger partial charge >= 0.3 is 0 Å². The molecule has 9 heteroatoms. The molecule has 4 N–H and O–H groups in total. The molecule has 0 bridgehead atoms. The van der Waals surface area contributed by atoms with E-state index in [-0.39, 0.29) is 0 Å². The minimum Gasteiger partial charge on any atom is -0.411 e. The van der Waals surface area contributed by atoms with Crippen LogP contribution in [-0.4, -0.2) is 51.7 Å². The standard InChI is InChI=1S/C12H24N4O4Si/c1-9(13-17)5-21(6-10(2)14-18,7-11(3)15-19)8-12(4)16-20/h17-20H,5-8H2,1-4H3. The Hall–Kier alpha value is -1.90. The van der Waals surface area contributed by atoms with Crippen molar-refractivity contribution in [3.05, 3.63) is 0 Å². The summed E-state index contributed by atoms with van der Waals surface area (Å²) in [5, 5.41) is 48.6. The molecule has 0 aliphatic carbocycles. The van der Waals surface area contributed by atoms with Crippen LogP contribution in [0.25, 0.3) is 0 Å². The van der Waals surface area contributed by atoms with Gasteiger partial charge in [-0.3, -0.25) is 0 Å². The first-order valence-electron chi connectivity index (χ1n) is 6.52. The lowest BCUT2D eigenvalue weighted by Crippen LogP contribution is -2.41. The minimum atomic E-state index is -2.29. The van der Waals surface area contributed by atoms with E-state index in [1.54, 1.807) is 27.7 Å². The van der Waals surface area contributed by atoms with Crippen LogP contribution in [0.5, 0.6) is 0 Å². The third-order valence-corrected chi connectivity index (χ3v) is 8.25. The molecule has 0 amide bonds. The van der Waals surface area contributed by atoms with E-state index in [9.17, 15) is 0 Å². The average molecular weight is 316 g/mol. The van der Waals surface area contributed by atoms with Gasteiger partial charge in [-0.1, -0.05) is 20.6 Å². The molecule has 0 aliphatic heterocycles. The highest BCUT2D eigenvalue weighted by Crippen LogP contribution is 2.29. The maximum atomic E-state index is 8.94. The van der Waals surface area contributed by atoms with Gasteiger partial charge in [0.25, 0.3) is 0 Å². The SMILES string of the molecule is CC(C[Si](CC(C)=NO)(CC(C)=NO)CC(C)=NO)=NO. The van der Waals surface area contributed by atoms with Crippen molar-refractivity contribution in [1.82, 2.24) is 0 Å². The summed E-state index contributed by atoms with van der Waals surface area (Å²) in [5.74, 6) is 0. The summed E-state index contributed by atoms with van der Waals surface area (Å²) >= 11 is 0. The van der Waals surface area contributed by atoms with Crippen LogP contribution in [0.2, 0.25) is 24.2 Å². The molecule has 0 rings (SSSR count). The summed E-state index contributed by atoms with van der Waals surface area (Å²) in [6.45, 7) is 6.79. The molecule has 0 unspecified atom stereocenters. The van der Waals surface area contributed by atoms with Crippen LogP contribution in [0, 0.1) is 0 Å². The lowest BCUT2D eigenvalue weighted by molar-refractivity contribution is 0.318. The van der Waals surface area contributed by atoms with Crippen molar-refractivity contribution in [2.24, 2.45) is 20.6 Å². The van der Waals surface area contributed by atoms with E-state index in [0.717, 1.165) is 0 Å². The van der Waals surface area contributed by atoms with Crippen molar-refractivity contribution in [2.45, 2.75) is 51.9 Å². The zero-order chi connectivity index (χ0) is 16.5. The van der Waals surface area contributed by atoms with Crippen LogP contribution < -0.4 is 0 Å². The Kier molecular flexibility index (Phi) is 8.28. The van der Waals surface area contributed by atoms with Crippen molar-refractivity contribution < 1.29 is 20.8 Å². The van der Waals surface area contributed by atoms with Crippen molar-refractivity contribution in [3.63, 3.8) is 0 Å². The zero-order valence-corrected chi connectivity index (χ0v) is 13.9. The minimum absolute atomic E-state index is 0.510. The van der Waals surface area contributed by atoms with E-state index in [1.807, 2.05) is 0 Å². The van der Waals surface area contributed by atoms with Gasteiger partial charge in [-0.25, -0.2) is 0 Å². The predicted molar refractivity (Wildman–Crippen MR) is 84.6 cm³/mol. The van der Waals surface area contributed by atoms with E-state index in [0.29, 0.717) is 47.0 Å². The van der Waals surface area contributed by atoms with Gasteiger partial charge in [0.1, 0.15) is 0 Å². The third kappa shape index (κ3) is 6.89. The van der Waals surface area contributed by atoms with Crippen LogP contribution in [-0.2, 0) is 0 Å². The van der Waals surface area contributed by atoms with Gasteiger partial charge in [0.05, 0.1) is 30.9 Å². The summed E-state index contributed by atoms with van der Waals surface area (Å²) in [6.07, 6.45) is 0. The molecule has 0 aliphatic rings. The predicted octanol–water partition coefficient (Wildman–Crippen LogP) is 2.84. The molecule has 0 saturated carbocycles. The Morgan fingerprint density at radius 3 is 0.905 bits per heavy atom. The topological polar surface area (TPSA) is 130 Å². The van der Waals surface area contributed by atoms with E-state index >= 15 is 0 Å². The van der Waals surface area contributed by atoms with Gasteiger partial charge in [0.15, 0.2) is 0 Å². The smallest absolute Gasteiger partial charge is 0.0765 e. The van der Waals surface area contributed by atoms with Crippen LogP contribution in [0.4, 0.5) is 0 Å². The van der Waals surface area contributed by atoms with E-state index < -0.39 is 8.07 Å². The molecule has 8 nitrogen and oxygen atoms in total. The molecule has 120 valence electrons. The molecule has 0 spiro atoms. The van der Waals surface area contributed by atoms with Crippen molar-refractivity contribution >= 4 is 30.9 Å². The molecule has 0 radical (unpaired) electrons. The summed E-state index contributed by atoms with van der Waals surface area (Å²) in [6, 6.07) is 2.04. The lowest BCUT2D eigenvalue weighted by Gasteiger charge is -2.31. The van der Waals surface area contributed by atoms with Crippen LogP contribution in [0.3, 0.4) is 0 Å². The summed E-state index contributed by atoms with van der Waals surface area (Å²) in [4.78, 5) is 0. The van der Waals surface area contributed by atoms with Crippen molar-refractivity contribution in [1.29, 1.82) is 0 Å². The third-order valence-electron chi connectivity index (χ3n) is 3.21. The Balaban J connectivity index is 5.66. The molecule has 21 heavy (non-hydrogen) atoms. The molecular weight excluding hydrogens is 292 g/mol. The highest BCUT2D eigenvalue weighted by Gasteiger charge is 2.36. The summed E-state index contributed by atoms with van der Waals surface area (Å²) in [5.41, 5.74) is 2.18. The number of rotatable bonds is 8. The monoisotopic (exact) mass is 316 g/mol. The molecule has 0 aromatic heterocycles. The summed E-state index contributed by atoms with van der Waals surface area (Å²) < 4.78 is 0. The zero-order valence-electron chi connectivity index (χ0n) is 12.9. The highest BCUT2D eigenvalue weighted by atomic mass is 28.3. The second kappa shape index (κ2) is 9.11. The van der Waals surface area contributed by atoms with Gasteiger partial charge in [-0.05, 0) is 51.9 Å². The maximum Gasteiger partial charge on any atom is 0.0765 e. The maximum absolute atomic E-state index is 8.94. The largest absolute Gasteiger partial charge is 0.411 e. The Morgan fingerprint density at radius 1 is 0.571 bits per heavy atom. The van der Waals surface area contributed by atoms with E-state index in [4.69, 9.17) is 20.8 Å². The van der Waals surface area contributed by atoms with Crippen molar-refractivity contribution in [3.8, 4) is 0 Å². The fraction of sp³-hybridized carbons (Fsp3) is 0.667. The first kappa shape index (κ1) is 19.1. The molecular formula is C12H24N4O4Si.